The predicted molar refractivity (Wildman–Crippen MR) is 77.4 cm³/mol. The van der Waals surface area contributed by atoms with Gasteiger partial charge in [-0.2, -0.15) is 0 Å². The summed E-state index contributed by atoms with van der Waals surface area (Å²) in [7, 11) is 0. The number of carbonyl (C=O) groups excluding carboxylic acids is 2. The maximum Gasteiger partial charge on any atom is 0.258 e. The molecular weight excluding hydrogens is 274 g/mol. The first-order valence-corrected chi connectivity index (χ1v) is 7.96. The molecule has 0 N–H and O–H groups in total. The maximum atomic E-state index is 12.7. The second-order valence-electron chi connectivity index (χ2n) is 5.19. The molecule has 3 aliphatic rings. The van der Waals surface area contributed by atoms with Crippen molar-refractivity contribution in [2.24, 2.45) is 0 Å². The molecule has 1 aromatic carbocycles. The van der Waals surface area contributed by atoms with E-state index >= 15 is 0 Å². The number of hydrogen-bond donors (Lipinski definition) is 0. The van der Waals surface area contributed by atoms with Crippen molar-refractivity contribution in [3.63, 3.8) is 0 Å². The number of amides is 2. The van der Waals surface area contributed by atoms with E-state index in [1.807, 2.05) is 36.1 Å². The lowest BCUT2D eigenvalue weighted by Gasteiger charge is -2.42. The van der Waals surface area contributed by atoms with Crippen LogP contribution in [0.25, 0.3) is 0 Å². The van der Waals surface area contributed by atoms with Crippen LogP contribution in [0.2, 0.25) is 0 Å². The maximum absolute atomic E-state index is 12.7. The molecule has 0 bridgehead atoms. The molecule has 1 aromatic rings. The van der Waals surface area contributed by atoms with Crippen molar-refractivity contribution in [2.75, 3.05) is 23.1 Å². The topological polar surface area (TPSA) is 43.9 Å². The van der Waals surface area contributed by atoms with Gasteiger partial charge in [-0.05, 0) is 19.1 Å². The highest BCUT2D eigenvalue weighted by Gasteiger charge is 2.55. The molecule has 104 valence electrons. The number of benzene rings is 1. The highest BCUT2D eigenvalue weighted by atomic mass is 32.2. The summed E-state index contributed by atoms with van der Waals surface area (Å²) < 4.78 is 0. The number of carbonyl (C=O) groups is 2. The fraction of sp³-hybridized carbons (Fsp3) is 0.429. The van der Waals surface area contributed by atoms with Crippen LogP contribution in [-0.2, 0) is 4.79 Å². The minimum atomic E-state index is -0.241. The molecule has 3 aliphatic heterocycles. The largest absolute Gasteiger partial charge is 0.305 e. The Morgan fingerprint density at radius 2 is 2.10 bits per heavy atom. The van der Waals surface area contributed by atoms with Gasteiger partial charge >= 0.3 is 0 Å². The third-order valence-electron chi connectivity index (χ3n) is 4.24. The van der Waals surface area contributed by atoms with Crippen molar-refractivity contribution in [3.8, 4) is 0 Å². The van der Waals surface area contributed by atoms with Gasteiger partial charge in [-0.15, -0.1) is 11.8 Å². The third kappa shape index (κ3) is 1.38. The molecule has 5 nitrogen and oxygen atoms in total. The van der Waals surface area contributed by atoms with E-state index in [2.05, 4.69) is 4.90 Å². The molecule has 20 heavy (non-hydrogen) atoms. The molecule has 0 unspecified atom stereocenters. The Balaban J connectivity index is 1.90. The molecule has 2 fully saturated rings. The smallest absolute Gasteiger partial charge is 0.258 e. The van der Waals surface area contributed by atoms with E-state index in [0.29, 0.717) is 12.1 Å². The van der Waals surface area contributed by atoms with Crippen molar-refractivity contribution >= 4 is 29.3 Å². The molecule has 6 heteroatoms. The second-order valence-corrected chi connectivity index (χ2v) is 6.19. The normalized spacial score (nSPS) is 28.6. The quantitative estimate of drug-likeness (QED) is 0.778. The first-order chi connectivity index (χ1) is 9.74. The van der Waals surface area contributed by atoms with Crippen LogP contribution in [0, 0.1) is 0 Å². The van der Waals surface area contributed by atoms with E-state index in [-0.39, 0.29) is 24.1 Å². The summed E-state index contributed by atoms with van der Waals surface area (Å²) >= 11 is 1.76. The van der Waals surface area contributed by atoms with Gasteiger partial charge in [0.1, 0.15) is 6.04 Å². The molecule has 2 saturated heterocycles. The van der Waals surface area contributed by atoms with Gasteiger partial charge in [-0.3, -0.25) is 14.5 Å². The summed E-state index contributed by atoms with van der Waals surface area (Å²) in [5.74, 6) is 1.77. The Morgan fingerprint density at radius 3 is 2.90 bits per heavy atom. The number of thioether (sulfide) groups is 1. The molecule has 0 aliphatic carbocycles. The van der Waals surface area contributed by atoms with E-state index in [4.69, 9.17) is 0 Å². The molecule has 0 saturated carbocycles. The summed E-state index contributed by atoms with van der Waals surface area (Å²) in [6.45, 7) is 2.57. The Kier molecular flexibility index (Phi) is 2.59. The lowest BCUT2D eigenvalue weighted by Crippen LogP contribution is -2.58. The second kappa shape index (κ2) is 4.23. The average molecular weight is 289 g/mol. The van der Waals surface area contributed by atoms with Crippen LogP contribution in [0.4, 0.5) is 5.69 Å². The zero-order valence-electron chi connectivity index (χ0n) is 11.2. The number of hydrogen-bond acceptors (Lipinski definition) is 4. The van der Waals surface area contributed by atoms with Crippen LogP contribution in [-0.4, -0.2) is 52.1 Å². The Labute approximate surface area is 121 Å². The number of rotatable bonds is 1. The minimum absolute atomic E-state index is 0.0229. The van der Waals surface area contributed by atoms with Gasteiger partial charge in [-0.1, -0.05) is 12.1 Å². The lowest BCUT2D eigenvalue weighted by molar-refractivity contribution is -0.118. The van der Waals surface area contributed by atoms with E-state index in [1.54, 1.807) is 16.7 Å². The average Bonchev–Trinajstić information content (AvgIpc) is 3.04. The standard InChI is InChI=1S/C14H15N3O2S/c1-2-15-12(18)9-5-3-4-6-10(9)17-13(19)11-7-20-8-16(11)14(15)17/h3-6,11,14H,2,7-8H2,1H3/t11-,14+/m1/s1. The number of fused-ring (bicyclic) bond motifs is 5. The summed E-state index contributed by atoms with van der Waals surface area (Å²) in [6, 6.07) is 7.33. The summed E-state index contributed by atoms with van der Waals surface area (Å²) in [5, 5.41) is 0. The van der Waals surface area contributed by atoms with Crippen LogP contribution in [0.1, 0.15) is 17.3 Å². The molecule has 0 radical (unpaired) electrons. The molecule has 4 rings (SSSR count). The Bertz CT molecular complexity index is 606. The van der Waals surface area contributed by atoms with E-state index < -0.39 is 0 Å². The van der Waals surface area contributed by atoms with E-state index in [9.17, 15) is 9.59 Å². The van der Waals surface area contributed by atoms with Crippen molar-refractivity contribution < 1.29 is 9.59 Å². The molecule has 3 heterocycles. The molecule has 0 spiro atoms. The van der Waals surface area contributed by atoms with Gasteiger partial charge in [0, 0.05) is 18.2 Å². The summed E-state index contributed by atoms with van der Waals surface area (Å²) in [5.41, 5.74) is 1.39. The van der Waals surface area contributed by atoms with Crippen molar-refractivity contribution in [1.82, 2.24) is 9.80 Å². The number of para-hydroxylation sites is 1. The van der Waals surface area contributed by atoms with Crippen molar-refractivity contribution in [3.05, 3.63) is 29.8 Å². The zero-order chi connectivity index (χ0) is 13.9. The fourth-order valence-electron chi connectivity index (χ4n) is 3.31. The highest BCUT2D eigenvalue weighted by molar-refractivity contribution is 7.99. The van der Waals surface area contributed by atoms with Gasteiger partial charge in [0.05, 0.1) is 11.3 Å². The van der Waals surface area contributed by atoms with Gasteiger partial charge < -0.3 is 4.90 Å². The zero-order valence-corrected chi connectivity index (χ0v) is 12.0. The van der Waals surface area contributed by atoms with Crippen LogP contribution >= 0.6 is 11.8 Å². The molecule has 0 aromatic heterocycles. The van der Waals surface area contributed by atoms with E-state index in [0.717, 1.165) is 17.3 Å². The van der Waals surface area contributed by atoms with Gasteiger partial charge in [0.2, 0.25) is 5.91 Å². The SMILES string of the molecule is CCN1C(=O)c2ccccc2N2C(=O)[C@H]3CSCN3[C@H]12. The van der Waals surface area contributed by atoms with Gasteiger partial charge in [0.25, 0.3) is 5.91 Å². The first kappa shape index (κ1) is 12.2. The monoisotopic (exact) mass is 289 g/mol. The Hall–Kier alpha value is -1.53. The third-order valence-corrected chi connectivity index (χ3v) is 5.27. The molecule has 2 amide bonds. The number of anilines is 1. The minimum Gasteiger partial charge on any atom is -0.305 e. The van der Waals surface area contributed by atoms with Crippen LogP contribution in [0.5, 0.6) is 0 Å². The van der Waals surface area contributed by atoms with Crippen LogP contribution in [0.3, 0.4) is 0 Å². The van der Waals surface area contributed by atoms with E-state index in [1.165, 1.54) is 0 Å². The van der Waals surface area contributed by atoms with Crippen molar-refractivity contribution in [2.45, 2.75) is 19.3 Å². The first-order valence-electron chi connectivity index (χ1n) is 6.80. The van der Waals surface area contributed by atoms with Gasteiger partial charge in [0.15, 0.2) is 6.29 Å². The molecular formula is C14H15N3O2S. The van der Waals surface area contributed by atoms with Crippen LogP contribution in [0.15, 0.2) is 24.3 Å². The van der Waals surface area contributed by atoms with Crippen molar-refractivity contribution in [1.29, 1.82) is 0 Å². The number of nitrogens with zero attached hydrogens (tertiary/aromatic N) is 3. The molecule has 2 atom stereocenters. The van der Waals surface area contributed by atoms with Gasteiger partial charge in [-0.25, -0.2) is 4.90 Å². The summed E-state index contributed by atoms with van der Waals surface area (Å²) in [4.78, 5) is 31.1. The predicted octanol–water partition coefficient (Wildman–Crippen LogP) is 1.17. The highest BCUT2D eigenvalue weighted by Crippen LogP contribution is 2.41. The van der Waals surface area contributed by atoms with Crippen LogP contribution < -0.4 is 4.90 Å². The fourth-order valence-corrected chi connectivity index (χ4v) is 4.50. The Morgan fingerprint density at radius 1 is 1.30 bits per heavy atom. The lowest BCUT2D eigenvalue weighted by atomic mass is 10.1. The summed E-state index contributed by atoms with van der Waals surface area (Å²) in [6.07, 6.45) is -0.241.